The van der Waals surface area contributed by atoms with Crippen LogP contribution in [0.1, 0.15) is 36.1 Å². The van der Waals surface area contributed by atoms with Crippen molar-refractivity contribution in [3.63, 3.8) is 0 Å². The largest absolute Gasteiger partial charge is 0.235 e. The molecule has 80 valence electrons. The average Bonchev–Trinajstić information content (AvgIpc) is 1.99. The summed E-state index contributed by atoms with van der Waals surface area (Å²) in [6, 6.07) is 4.23. The van der Waals surface area contributed by atoms with Crippen molar-refractivity contribution >= 4 is 6.08 Å². The summed E-state index contributed by atoms with van der Waals surface area (Å²) in [6.45, 7) is 10.0. The molecule has 1 aromatic carbocycles. The normalized spacial score (nSPS) is 11.0. The summed E-state index contributed by atoms with van der Waals surface area (Å²) in [5, 5.41) is 0. The summed E-state index contributed by atoms with van der Waals surface area (Å²) >= 11 is 0. The first-order valence-electron chi connectivity index (χ1n) is 5.06. The highest BCUT2D eigenvalue weighted by molar-refractivity contribution is 5.45. The monoisotopic (exact) mass is 203 g/mol. The fourth-order valence-electron chi connectivity index (χ4n) is 2.32. The van der Waals surface area contributed by atoms with Gasteiger partial charge in [-0.1, -0.05) is 17.7 Å². The SMILES string of the molecule is Cc1cc(C)c(C(C)(C)N=C=O)c(C)c1. The summed E-state index contributed by atoms with van der Waals surface area (Å²) in [6.07, 6.45) is 1.65. The first-order valence-corrected chi connectivity index (χ1v) is 5.06. The molecule has 0 aromatic heterocycles. The van der Waals surface area contributed by atoms with Gasteiger partial charge >= 0.3 is 0 Å². The number of isocyanates is 1. The minimum absolute atomic E-state index is 0.483. The van der Waals surface area contributed by atoms with Gasteiger partial charge in [-0.05, 0) is 51.3 Å². The van der Waals surface area contributed by atoms with E-state index in [1.807, 2.05) is 13.8 Å². The quantitative estimate of drug-likeness (QED) is 0.536. The van der Waals surface area contributed by atoms with Crippen molar-refractivity contribution in [2.45, 2.75) is 40.2 Å². The van der Waals surface area contributed by atoms with Crippen LogP contribution in [0.15, 0.2) is 17.1 Å². The molecule has 0 N–H and O–H groups in total. The van der Waals surface area contributed by atoms with Gasteiger partial charge in [-0.25, -0.2) is 4.79 Å². The van der Waals surface area contributed by atoms with E-state index in [-0.39, 0.29) is 0 Å². The maximum absolute atomic E-state index is 10.4. The fraction of sp³-hybridized carbons (Fsp3) is 0.462. The van der Waals surface area contributed by atoms with Gasteiger partial charge in [0, 0.05) is 0 Å². The molecule has 0 saturated carbocycles. The first-order chi connectivity index (χ1) is 6.88. The molecule has 1 rings (SSSR count). The molecule has 0 saturated heterocycles. The Morgan fingerprint density at radius 3 is 2.00 bits per heavy atom. The highest BCUT2D eigenvalue weighted by Gasteiger charge is 2.23. The molecule has 0 aliphatic carbocycles. The molecule has 0 fully saturated rings. The zero-order valence-electron chi connectivity index (χ0n) is 10.0. The predicted octanol–water partition coefficient (Wildman–Crippen LogP) is 3.18. The number of rotatable bonds is 2. The van der Waals surface area contributed by atoms with Gasteiger partial charge in [0.25, 0.3) is 0 Å². The van der Waals surface area contributed by atoms with Crippen LogP contribution >= 0.6 is 0 Å². The Morgan fingerprint density at radius 2 is 1.60 bits per heavy atom. The smallest absolute Gasteiger partial charge is 0.211 e. The van der Waals surface area contributed by atoms with Crippen molar-refractivity contribution < 1.29 is 4.79 Å². The second kappa shape index (κ2) is 4.00. The van der Waals surface area contributed by atoms with E-state index >= 15 is 0 Å². The summed E-state index contributed by atoms with van der Waals surface area (Å²) in [7, 11) is 0. The number of carbonyl (C=O) groups excluding carboxylic acids is 1. The third-order valence-electron chi connectivity index (χ3n) is 2.61. The molecule has 0 atom stereocenters. The van der Waals surface area contributed by atoms with E-state index in [9.17, 15) is 4.79 Å². The molecule has 0 spiro atoms. The van der Waals surface area contributed by atoms with Crippen LogP contribution in [0.3, 0.4) is 0 Å². The molecule has 2 nitrogen and oxygen atoms in total. The van der Waals surface area contributed by atoms with Gasteiger partial charge in [0.1, 0.15) is 0 Å². The number of hydrogen-bond donors (Lipinski definition) is 0. The molecule has 0 bridgehead atoms. The Hall–Kier alpha value is -1.40. The van der Waals surface area contributed by atoms with Gasteiger partial charge in [-0.2, -0.15) is 4.99 Å². The summed E-state index contributed by atoms with van der Waals surface area (Å²) in [5.41, 5.74) is 4.23. The van der Waals surface area contributed by atoms with Gasteiger partial charge in [-0.15, -0.1) is 0 Å². The molecule has 15 heavy (non-hydrogen) atoms. The minimum atomic E-state index is -0.483. The summed E-state index contributed by atoms with van der Waals surface area (Å²) in [5.74, 6) is 0. The third kappa shape index (κ3) is 2.34. The van der Waals surface area contributed by atoms with Crippen molar-refractivity contribution in [3.05, 3.63) is 34.4 Å². The fourth-order valence-corrected chi connectivity index (χ4v) is 2.32. The Labute approximate surface area is 91.0 Å². The molecular weight excluding hydrogens is 186 g/mol. The van der Waals surface area contributed by atoms with E-state index in [0.29, 0.717) is 0 Å². The zero-order chi connectivity index (χ0) is 11.6. The van der Waals surface area contributed by atoms with Crippen LogP contribution in [0, 0.1) is 20.8 Å². The number of nitrogens with zero attached hydrogens (tertiary/aromatic N) is 1. The second-order valence-corrected chi connectivity index (χ2v) is 4.54. The molecular formula is C13H17NO. The Balaban J connectivity index is 3.43. The van der Waals surface area contributed by atoms with Crippen LogP contribution in [0.25, 0.3) is 0 Å². The third-order valence-corrected chi connectivity index (χ3v) is 2.61. The van der Waals surface area contributed by atoms with E-state index in [0.717, 1.165) is 5.56 Å². The Morgan fingerprint density at radius 1 is 1.13 bits per heavy atom. The van der Waals surface area contributed by atoms with Crippen molar-refractivity contribution in [1.29, 1.82) is 0 Å². The lowest BCUT2D eigenvalue weighted by atomic mass is 9.86. The maximum Gasteiger partial charge on any atom is 0.235 e. The topological polar surface area (TPSA) is 29.4 Å². The van der Waals surface area contributed by atoms with Crippen molar-refractivity contribution in [2.24, 2.45) is 4.99 Å². The molecule has 0 aliphatic heterocycles. The first kappa shape index (κ1) is 11.7. The lowest BCUT2D eigenvalue weighted by Gasteiger charge is -2.23. The van der Waals surface area contributed by atoms with E-state index in [2.05, 4.69) is 37.9 Å². The van der Waals surface area contributed by atoms with Crippen LogP contribution in [0.2, 0.25) is 0 Å². The van der Waals surface area contributed by atoms with Crippen LogP contribution in [-0.4, -0.2) is 6.08 Å². The lowest BCUT2D eigenvalue weighted by molar-refractivity contribution is 0.519. The van der Waals surface area contributed by atoms with Crippen LogP contribution in [0.4, 0.5) is 0 Å². The van der Waals surface area contributed by atoms with Crippen LogP contribution < -0.4 is 0 Å². The van der Waals surface area contributed by atoms with Crippen LogP contribution in [-0.2, 0) is 10.3 Å². The minimum Gasteiger partial charge on any atom is -0.211 e. The zero-order valence-corrected chi connectivity index (χ0v) is 10.0. The van der Waals surface area contributed by atoms with Gasteiger partial charge in [-0.3, -0.25) is 0 Å². The number of aryl methyl sites for hydroxylation is 3. The standard InChI is InChI=1S/C13H17NO/c1-9-6-10(2)12(11(3)7-9)13(4,5)14-8-15/h6-7H,1-5H3. The van der Waals surface area contributed by atoms with Gasteiger partial charge in [0.05, 0.1) is 5.54 Å². The molecule has 0 unspecified atom stereocenters. The Bertz CT molecular complexity index is 403. The van der Waals surface area contributed by atoms with Gasteiger partial charge < -0.3 is 0 Å². The van der Waals surface area contributed by atoms with Crippen LogP contribution in [0.5, 0.6) is 0 Å². The van der Waals surface area contributed by atoms with E-state index < -0.39 is 5.54 Å². The van der Waals surface area contributed by atoms with Gasteiger partial charge in [0.15, 0.2) is 0 Å². The summed E-state index contributed by atoms with van der Waals surface area (Å²) < 4.78 is 0. The molecule has 0 amide bonds. The van der Waals surface area contributed by atoms with Crippen molar-refractivity contribution in [1.82, 2.24) is 0 Å². The molecule has 1 aromatic rings. The lowest BCUT2D eigenvalue weighted by Crippen LogP contribution is -2.17. The molecule has 0 aliphatic rings. The average molecular weight is 203 g/mol. The number of hydrogen-bond acceptors (Lipinski definition) is 2. The Kier molecular flexibility index (Phi) is 3.11. The highest BCUT2D eigenvalue weighted by Crippen LogP contribution is 2.30. The van der Waals surface area contributed by atoms with E-state index in [4.69, 9.17) is 0 Å². The number of benzene rings is 1. The number of aliphatic imine (C=N–C) groups is 1. The molecule has 2 heteroatoms. The molecule has 0 radical (unpaired) electrons. The highest BCUT2D eigenvalue weighted by atomic mass is 16.1. The van der Waals surface area contributed by atoms with E-state index in [1.165, 1.54) is 16.7 Å². The predicted molar refractivity (Wildman–Crippen MR) is 61.8 cm³/mol. The molecule has 0 heterocycles. The van der Waals surface area contributed by atoms with Crippen molar-refractivity contribution in [2.75, 3.05) is 0 Å². The van der Waals surface area contributed by atoms with Crippen molar-refractivity contribution in [3.8, 4) is 0 Å². The van der Waals surface area contributed by atoms with Gasteiger partial charge in [0.2, 0.25) is 6.08 Å². The summed E-state index contributed by atoms with van der Waals surface area (Å²) in [4.78, 5) is 14.3. The van der Waals surface area contributed by atoms with E-state index in [1.54, 1.807) is 6.08 Å². The maximum atomic E-state index is 10.4. The second-order valence-electron chi connectivity index (χ2n) is 4.54.